The van der Waals surface area contributed by atoms with E-state index in [1.54, 1.807) is 6.08 Å². The van der Waals surface area contributed by atoms with Crippen molar-refractivity contribution in [3.8, 4) is 51.6 Å². The number of aromatic nitrogens is 4. The SMILES string of the molecule is C=Cc1cc(-c2nnc(-c3ccc(OCCCCCCCCCC)cc3)o2)ccc1-c1nnc(-c2ccc(C)cc2)o1. The molecule has 0 unspecified atom stereocenters. The summed E-state index contributed by atoms with van der Waals surface area (Å²) in [6.07, 6.45) is 12.0. The maximum atomic E-state index is 6.02. The van der Waals surface area contributed by atoms with Gasteiger partial charge in [0.25, 0.3) is 0 Å². The molecule has 42 heavy (non-hydrogen) atoms. The van der Waals surface area contributed by atoms with Crippen LogP contribution in [0.25, 0.3) is 51.9 Å². The number of hydrogen-bond acceptors (Lipinski definition) is 7. The summed E-state index contributed by atoms with van der Waals surface area (Å²) in [6.45, 7) is 9.00. The highest BCUT2D eigenvalue weighted by Gasteiger charge is 2.16. The zero-order chi connectivity index (χ0) is 29.1. The smallest absolute Gasteiger partial charge is 0.248 e. The van der Waals surface area contributed by atoms with Gasteiger partial charge >= 0.3 is 0 Å². The van der Waals surface area contributed by atoms with Crippen LogP contribution in [0.3, 0.4) is 0 Å². The summed E-state index contributed by atoms with van der Waals surface area (Å²) in [4.78, 5) is 0. The molecule has 0 spiro atoms. The van der Waals surface area contributed by atoms with E-state index in [1.807, 2.05) is 73.7 Å². The van der Waals surface area contributed by atoms with Crippen LogP contribution in [0.2, 0.25) is 0 Å². The second-order valence-corrected chi connectivity index (χ2v) is 10.5. The summed E-state index contributed by atoms with van der Waals surface area (Å²) >= 11 is 0. The average molecular weight is 563 g/mol. The predicted octanol–water partition coefficient (Wildman–Crippen LogP) is 9.59. The highest BCUT2D eigenvalue weighted by Crippen LogP contribution is 2.32. The van der Waals surface area contributed by atoms with Gasteiger partial charge in [0.1, 0.15) is 5.75 Å². The number of hydrogen-bond donors (Lipinski definition) is 0. The van der Waals surface area contributed by atoms with Crippen molar-refractivity contribution in [2.24, 2.45) is 0 Å². The lowest BCUT2D eigenvalue weighted by atomic mass is 10.0. The first-order chi connectivity index (χ1) is 20.6. The molecular weight excluding hydrogens is 524 g/mol. The molecule has 7 nitrogen and oxygen atoms in total. The molecule has 0 radical (unpaired) electrons. The molecule has 0 fully saturated rings. The topological polar surface area (TPSA) is 87.1 Å². The van der Waals surface area contributed by atoms with Crippen molar-refractivity contribution >= 4 is 6.08 Å². The molecule has 0 saturated heterocycles. The Morgan fingerprint density at radius 1 is 0.643 bits per heavy atom. The quantitative estimate of drug-likeness (QED) is 0.117. The van der Waals surface area contributed by atoms with Gasteiger partial charge in [-0.2, -0.15) is 0 Å². The van der Waals surface area contributed by atoms with Gasteiger partial charge in [-0.15, -0.1) is 20.4 Å². The van der Waals surface area contributed by atoms with Gasteiger partial charge in [0.15, 0.2) is 0 Å². The average Bonchev–Trinajstić information content (AvgIpc) is 3.72. The van der Waals surface area contributed by atoms with E-state index < -0.39 is 0 Å². The molecule has 216 valence electrons. The first-order valence-electron chi connectivity index (χ1n) is 14.9. The molecule has 5 rings (SSSR count). The van der Waals surface area contributed by atoms with E-state index >= 15 is 0 Å². The standard InChI is InChI=1S/C35H38N4O3/c1-4-6-7-8-9-10-11-12-23-40-30-20-17-28(18-21-30)32-36-38-34(41-32)29-19-22-31(26(5-2)24-29)35-39-37-33(42-35)27-15-13-25(3)14-16-27/h5,13-22,24H,2,4,6-12,23H2,1,3H3. The molecule has 7 heteroatoms. The number of unbranched alkanes of at least 4 members (excludes halogenated alkanes) is 7. The fourth-order valence-corrected chi connectivity index (χ4v) is 4.78. The number of nitrogens with zero attached hydrogens (tertiary/aromatic N) is 4. The minimum Gasteiger partial charge on any atom is -0.494 e. The van der Waals surface area contributed by atoms with E-state index in [4.69, 9.17) is 13.6 Å². The Hall–Kier alpha value is -4.52. The summed E-state index contributed by atoms with van der Waals surface area (Å²) in [6, 6.07) is 21.5. The molecular formula is C35H38N4O3. The lowest BCUT2D eigenvalue weighted by Gasteiger charge is -2.06. The Labute approximate surface area is 247 Å². The highest BCUT2D eigenvalue weighted by molar-refractivity contribution is 5.74. The zero-order valence-electron chi connectivity index (χ0n) is 24.5. The first-order valence-corrected chi connectivity index (χ1v) is 14.9. The van der Waals surface area contributed by atoms with Crippen LogP contribution in [0.15, 0.2) is 82.1 Å². The molecule has 5 aromatic rings. The number of ether oxygens (including phenoxy) is 1. The number of benzene rings is 3. The Morgan fingerprint density at radius 3 is 1.81 bits per heavy atom. The van der Waals surface area contributed by atoms with E-state index in [0.717, 1.165) is 46.6 Å². The third-order valence-corrected chi connectivity index (χ3v) is 7.27. The largest absolute Gasteiger partial charge is 0.494 e. The van der Waals surface area contributed by atoms with Gasteiger partial charge in [0, 0.05) is 22.3 Å². The molecule has 2 aromatic heterocycles. The van der Waals surface area contributed by atoms with Crippen LogP contribution in [-0.4, -0.2) is 27.0 Å². The summed E-state index contributed by atoms with van der Waals surface area (Å²) in [5.74, 6) is 2.60. The Balaban J connectivity index is 1.18. The maximum Gasteiger partial charge on any atom is 0.248 e. The molecule has 2 heterocycles. The molecule has 0 N–H and O–H groups in total. The van der Waals surface area contributed by atoms with Gasteiger partial charge in [-0.1, -0.05) is 82.2 Å². The Kier molecular flexibility index (Phi) is 9.94. The normalized spacial score (nSPS) is 11.1. The summed E-state index contributed by atoms with van der Waals surface area (Å²) in [5, 5.41) is 17.0. The minimum atomic E-state index is 0.417. The summed E-state index contributed by atoms with van der Waals surface area (Å²) in [5.41, 5.74) is 5.26. The van der Waals surface area contributed by atoms with Crippen molar-refractivity contribution < 1.29 is 13.6 Å². The van der Waals surface area contributed by atoms with E-state index in [9.17, 15) is 0 Å². The highest BCUT2D eigenvalue weighted by atomic mass is 16.5. The minimum absolute atomic E-state index is 0.417. The predicted molar refractivity (Wildman–Crippen MR) is 167 cm³/mol. The van der Waals surface area contributed by atoms with Gasteiger partial charge in [-0.3, -0.25) is 0 Å². The second kappa shape index (κ2) is 14.4. The van der Waals surface area contributed by atoms with E-state index in [0.29, 0.717) is 23.6 Å². The second-order valence-electron chi connectivity index (χ2n) is 10.5. The zero-order valence-corrected chi connectivity index (χ0v) is 24.5. The molecule has 0 amide bonds. The van der Waals surface area contributed by atoms with Gasteiger partial charge in [0.05, 0.1) is 6.61 Å². The van der Waals surface area contributed by atoms with Crippen molar-refractivity contribution in [2.45, 2.75) is 65.2 Å². The van der Waals surface area contributed by atoms with Crippen LogP contribution in [0, 0.1) is 6.92 Å². The number of aryl methyl sites for hydroxylation is 1. The lowest BCUT2D eigenvalue weighted by Crippen LogP contribution is -1.97. The van der Waals surface area contributed by atoms with E-state index in [-0.39, 0.29) is 0 Å². The fourth-order valence-electron chi connectivity index (χ4n) is 4.78. The number of rotatable bonds is 15. The monoisotopic (exact) mass is 562 g/mol. The lowest BCUT2D eigenvalue weighted by molar-refractivity contribution is 0.304. The van der Waals surface area contributed by atoms with Gasteiger partial charge in [-0.05, 0) is 73.5 Å². The van der Waals surface area contributed by atoms with E-state index in [1.165, 1.54) is 50.5 Å². The van der Waals surface area contributed by atoms with Gasteiger partial charge in [-0.25, -0.2) is 0 Å². The fraction of sp³-hybridized carbons (Fsp3) is 0.314. The van der Waals surface area contributed by atoms with Crippen LogP contribution in [0.1, 0.15) is 69.4 Å². The summed E-state index contributed by atoms with van der Waals surface area (Å²) in [7, 11) is 0. The van der Waals surface area contributed by atoms with Gasteiger partial charge < -0.3 is 13.6 Å². The van der Waals surface area contributed by atoms with E-state index in [2.05, 4.69) is 33.9 Å². The molecule has 0 atom stereocenters. The van der Waals surface area contributed by atoms with Crippen molar-refractivity contribution in [2.75, 3.05) is 6.61 Å². The van der Waals surface area contributed by atoms with Crippen LogP contribution < -0.4 is 4.74 Å². The van der Waals surface area contributed by atoms with Crippen molar-refractivity contribution in [1.82, 2.24) is 20.4 Å². The molecule has 0 saturated carbocycles. The summed E-state index contributed by atoms with van der Waals surface area (Å²) < 4.78 is 17.9. The molecule has 0 bridgehead atoms. The Morgan fingerprint density at radius 2 is 1.17 bits per heavy atom. The van der Waals surface area contributed by atoms with Crippen molar-refractivity contribution in [3.05, 3.63) is 84.4 Å². The first kappa shape index (κ1) is 29.0. The van der Waals surface area contributed by atoms with Crippen molar-refractivity contribution in [1.29, 1.82) is 0 Å². The van der Waals surface area contributed by atoms with Crippen LogP contribution in [0.5, 0.6) is 5.75 Å². The molecule has 0 aliphatic carbocycles. The van der Waals surface area contributed by atoms with Crippen LogP contribution >= 0.6 is 0 Å². The van der Waals surface area contributed by atoms with Gasteiger partial charge in [0.2, 0.25) is 23.6 Å². The van der Waals surface area contributed by atoms with Crippen LogP contribution in [-0.2, 0) is 0 Å². The third-order valence-electron chi connectivity index (χ3n) is 7.27. The van der Waals surface area contributed by atoms with Crippen LogP contribution in [0.4, 0.5) is 0 Å². The molecule has 0 aliphatic rings. The molecule has 0 aliphatic heterocycles. The Bertz CT molecular complexity index is 1570. The maximum absolute atomic E-state index is 6.02. The third kappa shape index (κ3) is 7.40. The van der Waals surface area contributed by atoms with Crippen molar-refractivity contribution in [3.63, 3.8) is 0 Å². The molecule has 3 aromatic carbocycles.